The second-order valence-corrected chi connectivity index (χ2v) is 5.25. The van der Waals surface area contributed by atoms with Crippen molar-refractivity contribution in [3.8, 4) is 5.75 Å². The Kier molecular flexibility index (Phi) is 3.83. The number of hydrogen-bond donors (Lipinski definition) is 3. The number of carbonyl (C=O) groups is 1. The number of hydrogen-bond acceptors (Lipinski definition) is 3. The van der Waals surface area contributed by atoms with Crippen molar-refractivity contribution >= 4 is 39.8 Å². The molecule has 0 aliphatic rings. The van der Waals surface area contributed by atoms with Crippen molar-refractivity contribution in [3.05, 3.63) is 52.9 Å². The molecule has 0 bridgehead atoms. The molecule has 3 aromatic rings. The number of nitrogens with one attached hydrogen (secondary N) is 2. The van der Waals surface area contributed by atoms with Gasteiger partial charge in [0.2, 0.25) is 0 Å². The Morgan fingerprint density at radius 3 is 2.74 bits per heavy atom. The van der Waals surface area contributed by atoms with E-state index in [1.807, 2.05) is 0 Å². The van der Waals surface area contributed by atoms with Gasteiger partial charge in [-0.1, -0.05) is 11.6 Å². The van der Waals surface area contributed by atoms with E-state index in [4.69, 9.17) is 21.4 Å². The van der Waals surface area contributed by atoms with Crippen molar-refractivity contribution in [2.75, 3.05) is 12.4 Å². The van der Waals surface area contributed by atoms with E-state index in [2.05, 4.69) is 10.3 Å². The van der Waals surface area contributed by atoms with Gasteiger partial charge in [0.25, 0.3) is 0 Å². The molecule has 5 nitrogen and oxygen atoms in total. The maximum Gasteiger partial charge on any atom is 0.352 e. The molecule has 0 atom stereocenters. The third-order valence-electron chi connectivity index (χ3n) is 3.40. The number of benzene rings is 2. The number of aromatic amines is 1. The average molecular weight is 335 g/mol. The van der Waals surface area contributed by atoms with Crippen molar-refractivity contribution in [1.82, 2.24) is 4.98 Å². The van der Waals surface area contributed by atoms with Crippen LogP contribution >= 0.6 is 11.6 Å². The minimum absolute atomic E-state index is 0.0000455. The monoisotopic (exact) mass is 334 g/mol. The van der Waals surface area contributed by atoms with Gasteiger partial charge in [0.05, 0.1) is 17.6 Å². The molecule has 0 unspecified atom stereocenters. The van der Waals surface area contributed by atoms with E-state index in [1.165, 1.54) is 25.3 Å². The zero-order chi connectivity index (χ0) is 16.6. The molecule has 0 radical (unpaired) electrons. The summed E-state index contributed by atoms with van der Waals surface area (Å²) in [5, 5.41) is 12.9. The van der Waals surface area contributed by atoms with E-state index < -0.39 is 11.8 Å². The van der Waals surface area contributed by atoms with E-state index in [9.17, 15) is 9.18 Å². The second-order valence-electron chi connectivity index (χ2n) is 4.85. The number of carboxylic acids is 1. The lowest BCUT2D eigenvalue weighted by atomic mass is 10.2. The predicted octanol–water partition coefficient (Wildman–Crippen LogP) is 4.41. The van der Waals surface area contributed by atoms with Crippen LogP contribution in [0.2, 0.25) is 5.02 Å². The highest BCUT2D eigenvalue weighted by molar-refractivity contribution is 6.31. The highest BCUT2D eigenvalue weighted by Crippen LogP contribution is 2.34. The predicted molar refractivity (Wildman–Crippen MR) is 86.5 cm³/mol. The maximum atomic E-state index is 13.2. The summed E-state index contributed by atoms with van der Waals surface area (Å²) in [6.07, 6.45) is 0. The zero-order valence-electron chi connectivity index (χ0n) is 12.0. The number of rotatable bonds is 4. The summed E-state index contributed by atoms with van der Waals surface area (Å²) >= 11 is 5.77. The number of carboxylic acid groups (broad SMARTS) is 1. The second kappa shape index (κ2) is 5.81. The summed E-state index contributed by atoms with van der Waals surface area (Å²) < 4.78 is 18.5. The Labute approximate surface area is 135 Å². The third-order valence-corrected chi connectivity index (χ3v) is 3.69. The molecule has 3 rings (SSSR count). The molecule has 0 spiro atoms. The molecule has 1 heterocycles. The molecule has 2 aromatic carbocycles. The molecule has 0 saturated heterocycles. The lowest BCUT2D eigenvalue weighted by Crippen LogP contribution is -1.95. The molecule has 0 fully saturated rings. The highest BCUT2D eigenvalue weighted by Gasteiger charge is 2.14. The molecule has 118 valence electrons. The van der Waals surface area contributed by atoms with Gasteiger partial charge in [0.15, 0.2) is 0 Å². The summed E-state index contributed by atoms with van der Waals surface area (Å²) in [5.74, 6) is -1.05. The van der Waals surface area contributed by atoms with Crippen LogP contribution in [0.25, 0.3) is 10.9 Å². The van der Waals surface area contributed by atoms with E-state index in [1.54, 1.807) is 18.2 Å². The van der Waals surface area contributed by atoms with Crippen molar-refractivity contribution in [3.63, 3.8) is 0 Å². The highest BCUT2D eigenvalue weighted by atomic mass is 35.5. The van der Waals surface area contributed by atoms with Crippen LogP contribution in [0.1, 0.15) is 10.5 Å². The van der Waals surface area contributed by atoms with Gasteiger partial charge in [-0.2, -0.15) is 0 Å². The lowest BCUT2D eigenvalue weighted by molar-refractivity contribution is 0.0691. The minimum Gasteiger partial charge on any atom is -0.495 e. The van der Waals surface area contributed by atoms with Gasteiger partial charge in [-0.15, -0.1) is 0 Å². The molecule has 0 saturated carbocycles. The standard InChI is InChI=1S/C16H12ClFN2O3/c1-23-14-5-4-12(9-7-13(16(21)22)20-15(9)14)19-8-2-3-11(18)10(17)6-8/h2-7,19-20H,1H3,(H,21,22). The van der Waals surface area contributed by atoms with Gasteiger partial charge < -0.3 is 20.1 Å². The van der Waals surface area contributed by atoms with Crippen LogP contribution < -0.4 is 10.1 Å². The van der Waals surface area contributed by atoms with Crippen LogP contribution in [-0.2, 0) is 0 Å². The number of anilines is 2. The molecule has 23 heavy (non-hydrogen) atoms. The minimum atomic E-state index is -1.07. The quantitative estimate of drug-likeness (QED) is 0.660. The largest absolute Gasteiger partial charge is 0.495 e. The van der Waals surface area contributed by atoms with Gasteiger partial charge >= 0.3 is 5.97 Å². The molecular weight excluding hydrogens is 323 g/mol. The first kappa shape index (κ1) is 15.2. The summed E-state index contributed by atoms with van der Waals surface area (Å²) in [6, 6.07) is 9.22. The van der Waals surface area contributed by atoms with Crippen LogP contribution in [0.4, 0.5) is 15.8 Å². The molecule has 7 heteroatoms. The fourth-order valence-corrected chi connectivity index (χ4v) is 2.50. The van der Waals surface area contributed by atoms with Crippen LogP contribution in [0.15, 0.2) is 36.4 Å². The SMILES string of the molecule is COc1ccc(Nc2ccc(F)c(Cl)c2)c2cc(C(=O)O)[nH]c12. The Hall–Kier alpha value is -2.73. The number of aromatic carboxylic acids is 1. The number of ether oxygens (including phenoxy) is 1. The summed E-state index contributed by atoms with van der Waals surface area (Å²) in [7, 11) is 1.50. The number of H-pyrrole nitrogens is 1. The third kappa shape index (κ3) is 2.80. The molecular formula is C16H12ClFN2O3. The van der Waals surface area contributed by atoms with Crippen molar-refractivity contribution in [2.24, 2.45) is 0 Å². The van der Waals surface area contributed by atoms with Crippen LogP contribution in [0.5, 0.6) is 5.75 Å². The number of halogens is 2. The Morgan fingerprint density at radius 1 is 1.30 bits per heavy atom. The van der Waals surface area contributed by atoms with Gasteiger partial charge in [0, 0.05) is 16.8 Å². The Bertz CT molecular complexity index is 908. The number of aromatic nitrogens is 1. The molecule has 0 aliphatic heterocycles. The molecule has 0 aliphatic carbocycles. The lowest BCUT2D eigenvalue weighted by Gasteiger charge is -2.10. The van der Waals surface area contributed by atoms with Crippen LogP contribution in [0.3, 0.4) is 0 Å². The van der Waals surface area contributed by atoms with Crippen molar-refractivity contribution in [1.29, 1.82) is 0 Å². The van der Waals surface area contributed by atoms with E-state index in [-0.39, 0.29) is 10.7 Å². The van der Waals surface area contributed by atoms with Crippen LogP contribution in [-0.4, -0.2) is 23.2 Å². The average Bonchev–Trinajstić information content (AvgIpc) is 2.97. The van der Waals surface area contributed by atoms with Crippen molar-refractivity contribution in [2.45, 2.75) is 0 Å². The summed E-state index contributed by atoms with van der Waals surface area (Å²) in [5.41, 5.74) is 1.83. The number of fused-ring (bicyclic) bond motifs is 1. The summed E-state index contributed by atoms with van der Waals surface area (Å²) in [6.45, 7) is 0. The first-order valence-electron chi connectivity index (χ1n) is 6.64. The van der Waals surface area contributed by atoms with Crippen LogP contribution in [0, 0.1) is 5.82 Å². The van der Waals surface area contributed by atoms with E-state index >= 15 is 0 Å². The maximum absolute atomic E-state index is 13.2. The normalized spacial score (nSPS) is 10.7. The van der Waals surface area contributed by atoms with Gasteiger partial charge in [-0.05, 0) is 36.4 Å². The van der Waals surface area contributed by atoms with Gasteiger partial charge in [0.1, 0.15) is 17.3 Å². The van der Waals surface area contributed by atoms with E-state index in [0.717, 1.165) is 0 Å². The first-order chi connectivity index (χ1) is 11.0. The van der Waals surface area contributed by atoms with Crippen molar-refractivity contribution < 1.29 is 19.0 Å². The molecule has 3 N–H and O–H groups in total. The first-order valence-corrected chi connectivity index (χ1v) is 7.02. The summed E-state index contributed by atoms with van der Waals surface area (Å²) in [4.78, 5) is 14.0. The number of methoxy groups -OCH3 is 1. The zero-order valence-corrected chi connectivity index (χ0v) is 12.7. The Balaban J connectivity index is 2.09. The van der Waals surface area contributed by atoms with Gasteiger partial charge in [-0.3, -0.25) is 0 Å². The Morgan fingerprint density at radius 2 is 2.09 bits per heavy atom. The van der Waals surface area contributed by atoms with Gasteiger partial charge in [-0.25, -0.2) is 9.18 Å². The fourth-order valence-electron chi connectivity index (χ4n) is 2.32. The topological polar surface area (TPSA) is 74.3 Å². The smallest absolute Gasteiger partial charge is 0.352 e. The van der Waals surface area contributed by atoms with E-state index in [0.29, 0.717) is 28.0 Å². The fraction of sp³-hybridized carbons (Fsp3) is 0.0625. The molecule has 1 aromatic heterocycles. The molecule has 0 amide bonds.